The summed E-state index contributed by atoms with van der Waals surface area (Å²) in [4.78, 5) is 0. The molecule has 0 saturated heterocycles. The van der Waals surface area contributed by atoms with Crippen LogP contribution >= 0.6 is 12.2 Å². The topological polar surface area (TPSA) is 50.5 Å². The van der Waals surface area contributed by atoms with Crippen molar-refractivity contribution in [2.75, 3.05) is 5.43 Å². The number of nitrogens with zero attached hydrogens (tertiary/aromatic N) is 1. The van der Waals surface area contributed by atoms with E-state index in [2.05, 4.69) is 5.43 Å². The molecule has 0 aromatic heterocycles. The largest absolute Gasteiger partial charge is 0.489 e. The summed E-state index contributed by atoms with van der Waals surface area (Å²) in [6.07, 6.45) is 0. The molecule has 0 saturated carbocycles. The van der Waals surface area contributed by atoms with Crippen molar-refractivity contribution < 1.29 is 4.74 Å². The molecule has 0 aliphatic rings. The van der Waals surface area contributed by atoms with Crippen LogP contribution in [0.15, 0.2) is 54.6 Å². The molecule has 0 aliphatic heterocycles. The second-order valence-corrected chi connectivity index (χ2v) is 4.14. The summed E-state index contributed by atoms with van der Waals surface area (Å²) < 4.78 is 5.71. The van der Waals surface area contributed by atoms with Crippen LogP contribution in [0, 0.1) is 0 Å². The van der Waals surface area contributed by atoms with Crippen molar-refractivity contribution in [3.05, 3.63) is 60.2 Å². The fourth-order valence-corrected chi connectivity index (χ4v) is 1.62. The highest BCUT2D eigenvalue weighted by atomic mass is 32.1. The van der Waals surface area contributed by atoms with Gasteiger partial charge in [-0.2, -0.15) is 0 Å². The molecule has 0 heterocycles. The molecular weight excluding hydrogens is 258 g/mol. The number of nitrogens with one attached hydrogen (secondary N) is 1. The van der Waals surface area contributed by atoms with Gasteiger partial charge in [-0.05, 0) is 17.7 Å². The number of benzene rings is 2. The minimum absolute atomic E-state index is 0.532. The molecule has 5 heteroatoms. The van der Waals surface area contributed by atoms with Crippen LogP contribution in [0.2, 0.25) is 0 Å². The average Bonchev–Trinajstić information content (AvgIpc) is 2.46. The number of hydrogen-bond donors (Lipinski definition) is 2. The van der Waals surface area contributed by atoms with Gasteiger partial charge in [-0.15, -0.1) is 0 Å². The van der Waals surface area contributed by atoms with Gasteiger partial charge in [-0.3, -0.25) is 5.43 Å². The SMILES string of the molecule is NN(C=S)Nc1cccc(OCc2ccccc2)c1. The molecule has 0 aliphatic carbocycles. The van der Waals surface area contributed by atoms with Gasteiger partial charge in [0.05, 0.1) is 5.69 Å². The molecule has 2 rings (SSSR count). The number of ether oxygens (including phenoxy) is 1. The molecule has 0 spiro atoms. The number of nitrogens with two attached hydrogens (primary N) is 1. The lowest BCUT2D eigenvalue weighted by atomic mass is 10.2. The van der Waals surface area contributed by atoms with Gasteiger partial charge in [0.1, 0.15) is 17.8 Å². The fraction of sp³-hybridized carbons (Fsp3) is 0.0714. The lowest BCUT2D eigenvalue weighted by Crippen LogP contribution is -2.34. The van der Waals surface area contributed by atoms with Gasteiger partial charge in [0.15, 0.2) is 0 Å². The summed E-state index contributed by atoms with van der Waals surface area (Å²) >= 11 is 4.70. The Labute approximate surface area is 117 Å². The van der Waals surface area contributed by atoms with Crippen molar-refractivity contribution in [1.29, 1.82) is 0 Å². The zero-order valence-electron chi connectivity index (χ0n) is 10.3. The second-order valence-electron chi connectivity index (χ2n) is 3.93. The molecule has 0 atom stereocenters. The number of hydrazine groups is 2. The van der Waals surface area contributed by atoms with Crippen molar-refractivity contribution in [2.24, 2.45) is 5.84 Å². The van der Waals surface area contributed by atoms with E-state index in [1.807, 2.05) is 54.6 Å². The summed E-state index contributed by atoms with van der Waals surface area (Å²) in [7, 11) is 0. The third-order valence-corrected chi connectivity index (χ3v) is 2.68. The van der Waals surface area contributed by atoms with Gasteiger partial charge < -0.3 is 4.74 Å². The minimum Gasteiger partial charge on any atom is -0.489 e. The molecule has 19 heavy (non-hydrogen) atoms. The first-order valence-electron chi connectivity index (χ1n) is 5.80. The third-order valence-electron chi connectivity index (χ3n) is 2.45. The van der Waals surface area contributed by atoms with Crippen LogP contribution in [-0.2, 0) is 6.61 Å². The fourth-order valence-electron chi connectivity index (χ4n) is 1.57. The molecular formula is C14H15N3OS. The highest BCUT2D eigenvalue weighted by molar-refractivity contribution is 7.78. The van der Waals surface area contributed by atoms with Crippen molar-refractivity contribution in [2.45, 2.75) is 6.61 Å². The molecule has 2 aromatic carbocycles. The predicted octanol–water partition coefficient (Wildman–Crippen LogP) is 2.73. The summed E-state index contributed by atoms with van der Waals surface area (Å²) in [5.74, 6) is 6.31. The van der Waals surface area contributed by atoms with Crippen molar-refractivity contribution in [3.63, 3.8) is 0 Å². The highest BCUT2D eigenvalue weighted by Gasteiger charge is 1.99. The standard InChI is InChI=1S/C14H15N3OS/c15-17(11-19)16-13-7-4-8-14(9-13)18-10-12-5-2-1-3-6-12/h1-9,11,16H,10,15H2. The Morgan fingerprint density at radius 2 is 1.95 bits per heavy atom. The smallest absolute Gasteiger partial charge is 0.121 e. The van der Waals surface area contributed by atoms with Gasteiger partial charge >= 0.3 is 0 Å². The van der Waals surface area contributed by atoms with E-state index < -0.39 is 0 Å². The highest BCUT2D eigenvalue weighted by Crippen LogP contribution is 2.18. The molecule has 0 radical (unpaired) electrons. The lowest BCUT2D eigenvalue weighted by Gasteiger charge is -2.15. The molecule has 0 unspecified atom stereocenters. The maximum Gasteiger partial charge on any atom is 0.121 e. The summed E-state index contributed by atoms with van der Waals surface area (Å²) in [6.45, 7) is 0.532. The normalized spacial score (nSPS) is 9.74. The van der Waals surface area contributed by atoms with Crippen LogP contribution < -0.4 is 16.0 Å². The van der Waals surface area contributed by atoms with E-state index in [1.165, 1.54) is 10.6 Å². The molecule has 0 amide bonds. The van der Waals surface area contributed by atoms with Crippen molar-refractivity contribution >= 4 is 23.4 Å². The maximum absolute atomic E-state index is 5.71. The van der Waals surface area contributed by atoms with Crippen LogP contribution in [0.5, 0.6) is 5.75 Å². The number of anilines is 1. The molecule has 2 aromatic rings. The van der Waals surface area contributed by atoms with Crippen LogP contribution in [0.1, 0.15) is 5.56 Å². The van der Waals surface area contributed by atoms with E-state index in [-0.39, 0.29) is 0 Å². The Kier molecular flexibility index (Phi) is 4.72. The van der Waals surface area contributed by atoms with E-state index in [0.29, 0.717) is 6.61 Å². The molecule has 0 fully saturated rings. The van der Waals surface area contributed by atoms with Crippen LogP contribution in [-0.4, -0.2) is 10.6 Å². The second kappa shape index (κ2) is 6.72. The monoisotopic (exact) mass is 273 g/mol. The number of thiocarbonyl (C=S) groups is 1. The Hall–Kier alpha value is -2.11. The van der Waals surface area contributed by atoms with Crippen molar-refractivity contribution in [1.82, 2.24) is 5.12 Å². The summed E-state index contributed by atoms with van der Waals surface area (Å²) in [6, 6.07) is 17.5. The van der Waals surface area contributed by atoms with Crippen LogP contribution in [0.4, 0.5) is 5.69 Å². The number of rotatable bonds is 6. The minimum atomic E-state index is 0.532. The van der Waals surface area contributed by atoms with E-state index in [1.54, 1.807) is 0 Å². The van der Waals surface area contributed by atoms with Gasteiger partial charge in [-0.1, -0.05) is 48.6 Å². The zero-order valence-corrected chi connectivity index (χ0v) is 11.1. The Bertz CT molecular complexity index is 533. The van der Waals surface area contributed by atoms with E-state index in [0.717, 1.165) is 17.0 Å². The van der Waals surface area contributed by atoms with Crippen LogP contribution in [0.3, 0.4) is 0 Å². The number of hydrogen-bond acceptors (Lipinski definition) is 4. The first kappa shape index (κ1) is 13.3. The van der Waals surface area contributed by atoms with E-state index in [4.69, 9.17) is 22.8 Å². The van der Waals surface area contributed by atoms with Crippen molar-refractivity contribution in [3.8, 4) is 5.75 Å². The van der Waals surface area contributed by atoms with E-state index >= 15 is 0 Å². The van der Waals surface area contributed by atoms with E-state index in [9.17, 15) is 0 Å². The van der Waals surface area contributed by atoms with Gasteiger partial charge in [0.2, 0.25) is 0 Å². The van der Waals surface area contributed by atoms with Gasteiger partial charge in [0.25, 0.3) is 0 Å². The lowest BCUT2D eigenvalue weighted by molar-refractivity contribution is 0.306. The summed E-state index contributed by atoms with van der Waals surface area (Å²) in [5.41, 5.74) is 6.16. The average molecular weight is 273 g/mol. The van der Waals surface area contributed by atoms with Gasteiger partial charge in [-0.25, -0.2) is 11.0 Å². The summed E-state index contributed by atoms with van der Waals surface area (Å²) in [5, 5.41) is 1.21. The Morgan fingerprint density at radius 3 is 2.68 bits per heavy atom. The molecule has 98 valence electrons. The first-order valence-corrected chi connectivity index (χ1v) is 6.28. The zero-order chi connectivity index (χ0) is 13.5. The first-order chi connectivity index (χ1) is 9.28. The third kappa shape index (κ3) is 4.24. The Morgan fingerprint density at radius 1 is 1.16 bits per heavy atom. The molecule has 0 bridgehead atoms. The Balaban J connectivity index is 1.97. The predicted molar refractivity (Wildman–Crippen MR) is 80.5 cm³/mol. The maximum atomic E-state index is 5.71. The van der Waals surface area contributed by atoms with Crippen LogP contribution in [0.25, 0.3) is 0 Å². The molecule has 3 N–H and O–H groups in total. The van der Waals surface area contributed by atoms with Gasteiger partial charge in [0, 0.05) is 6.07 Å². The quantitative estimate of drug-likeness (QED) is 0.481. The molecule has 4 nitrogen and oxygen atoms in total.